The van der Waals surface area contributed by atoms with Gasteiger partial charge in [0.1, 0.15) is 11.6 Å². The van der Waals surface area contributed by atoms with Crippen LogP contribution in [0.3, 0.4) is 0 Å². The minimum absolute atomic E-state index is 0.105. The summed E-state index contributed by atoms with van der Waals surface area (Å²) in [5.41, 5.74) is 0. The van der Waals surface area contributed by atoms with Crippen molar-refractivity contribution in [2.45, 2.75) is 6.54 Å². The van der Waals surface area contributed by atoms with E-state index in [1.54, 1.807) is 40.6 Å². The van der Waals surface area contributed by atoms with E-state index in [4.69, 9.17) is 16.3 Å². The Balaban J connectivity index is 1.75. The maximum absolute atomic E-state index is 12.7. The molecular formula is C18H15ClN2O2S. The molecule has 4 nitrogen and oxygen atoms in total. The van der Waals surface area contributed by atoms with Crippen LogP contribution in [0.1, 0.15) is 4.88 Å². The molecule has 0 aliphatic heterocycles. The van der Waals surface area contributed by atoms with Crippen molar-refractivity contribution in [3.05, 3.63) is 76.1 Å². The highest BCUT2D eigenvalue weighted by Crippen LogP contribution is 2.23. The van der Waals surface area contributed by atoms with Crippen molar-refractivity contribution in [3.8, 4) is 5.75 Å². The van der Waals surface area contributed by atoms with Crippen molar-refractivity contribution in [1.82, 2.24) is 4.98 Å². The van der Waals surface area contributed by atoms with Crippen LogP contribution in [0.15, 0.2) is 66.2 Å². The van der Waals surface area contributed by atoms with Crippen LogP contribution in [-0.4, -0.2) is 17.5 Å². The van der Waals surface area contributed by atoms with Gasteiger partial charge in [0.15, 0.2) is 6.61 Å². The lowest BCUT2D eigenvalue weighted by Gasteiger charge is -2.21. The number of carbonyl (C=O) groups is 1. The number of rotatable bonds is 6. The maximum Gasteiger partial charge on any atom is 0.266 e. The van der Waals surface area contributed by atoms with Crippen LogP contribution in [0.2, 0.25) is 5.02 Å². The number of ether oxygens (including phenoxy) is 1. The zero-order valence-electron chi connectivity index (χ0n) is 12.8. The normalized spacial score (nSPS) is 10.4. The maximum atomic E-state index is 12.7. The number of pyridine rings is 1. The number of nitrogens with zero attached hydrogens (tertiary/aromatic N) is 2. The summed E-state index contributed by atoms with van der Waals surface area (Å²) in [5.74, 6) is 0.908. The van der Waals surface area contributed by atoms with E-state index in [1.165, 1.54) is 0 Å². The van der Waals surface area contributed by atoms with E-state index in [9.17, 15) is 4.79 Å². The first-order valence-corrected chi connectivity index (χ1v) is 8.61. The number of para-hydroxylation sites is 1. The van der Waals surface area contributed by atoms with E-state index in [1.807, 2.05) is 41.8 Å². The zero-order chi connectivity index (χ0) is 16.8. The average molecular weight is 359 g/mol. The largest absolute Gasteiger partial charge is 0.482 e. The highest BCUT2D eigenvalue weighted by atomic mass is 35.5. The molecule has 2 aromatic heterocycles. The van der Waals surface area contributed by atoms with E-state index in [-0.39, 0.29) is 12.5 Å². The lowest BCUT2D eigenvalue weighted by molar-refractivity contribution is -0.120. The molecule has 0 aliphatic carbocycles. The van der Waals surface area contributed by atoms with Crippen LogP contribution in [0.4, 0.5) is 5.82 Å². The smallest absolute Gasteiger partial charge is 0.266 e. The van der Waals surface area contributed by atoms with E-state index < -0.39 is 0 Å². The predicted molar refractivity (Wildman–Crippen MR) is 96.7 cm³/mol. The molecule has 0 bridgehead atoms. The number of hydrogen-bond acceptors (Lipinski definition) is 4. The van der Waals surface area contributed by atoms with Gasteiger partial charge >= 0.3 is 0 Å². The number of amides is 1. The second-order valence-electron chi connectivity index (χ2n) is 4.97. The quantitative estimate of drug-likeness (QED) is 0.655. The van der Waals surface area contributed by atoms with Gasteiger partial charge in [0.2, 0.25) is 0 Å². The van der Waals surface area contributed by atoms with Gasteiger partial charge in [0, 0.05) is 11.1 Å². The molecule has 0 N–H and O–H groups in total. The highest BCUT2D eigenvalue weighted by molar-refractivity contribution is 7.09. The fourth-order valence-corrected chi connectivity index (χ4v) is 3.03. The van der Waals surface area contributed by atoms with Crippen molar-refractivity contribution < 1.29 is 9.53 Å². The lowest BCUT2D eigenvalue weighted by Crippen LogP contribution is -2.34. The summed E-state index contributed by atoms with van der Waals surface area (Å²) in [4.78, 5) is 19.6. The van der Waals surface area contributed by atoms with Crippen molar-refractivity contribution in [2.75, 3.05) is 11.5 Å². The minimum Gasteiger partial charge on any atom is -0.482 e. The Morgan fingerprint density at radius 1 is 1.12 bits per heavy atom. The SMILES string of the molecule is O=C(COc1ccccc1Cl)N(Cc1cccs1)c1ccccn1. The van der Waals surface area contributed by atoms with Gasteiger partial charge in [-0.15, -0.1) is 11.3 Å². The summed E-state index contributed by atoms with van der Waals surface area (Å²) in [7, 11) is 0. The first kappa shape index (κ1) is 16.5. The van der Waals surface area contributed by atoms with Gasteiger partial charge in [0.05, 0.1) is 11.6 Å². The van der Waals surface area contributed by atoms with E-state index in [2.05, 4.69) is 4.98 Å². The van der Waals surface area contributed by atoms with Crippen molar-refractivity contribution in [2.24, 2.45) is 0 Å². The summed E-state index contributed by atoms with van der Waals surface area (Å²) in [6, 6.07) is 16.5. The summed E-state index contributed by atoms with van der Waals surface area (Å²) in [5, 5.41) is 2.46. The minimum atomic E-state index is -0.179. The Morgan fingerprint density at radius 2 is 1.96 bits per heavy atom. The second-order valence-corrected chi connectivity index (χ2v) is 6.41. The number of aromatic nitrogens is 1. The summed E-state index contributed by atoms with van der Waals surface area (Å²) < 4.78 is 5.57. The molecule has 3 aromatic rings. The Hall–Kier alpha value is -2.37. The molecule has 0 atom stereocenters. The zero-order valence-corrected chi connectivity index (χ0v) is 14.3. The first-order valence-electron chi connectivity index (χ1n) is 7.35. The summed E-state index contributed by atoms with van der Waals surface area (Å²) in [6.45, 7) is 0.352. The molecule has 0 spiro atoms. The van der Waals surface area contributed by atoms with E-state index >= 15 is 0 Å². The molecule has 0 saturated carbocycles. The van der Waals surface area contributed by atoms with Crippen LogP contribution in [-0.2, 0) is 11.3 Å². The highest BCUT2D eigenvalue weighted by Gasteiger charge is 2.18. The number of thiophene rings is 1. The molecule has 0 aliphatic rings. The molecular weight excluding hydrogens is 344 g/mol. The molecule has 3 rings (SSSR count). The molecule has 122 valence electrons. The van der Waals surface area contributed by atoms with Gasteiger partial charge < -0.3 is 4.74 Å². The number of halogens is 1. The van der Waals surface area contributed by atoms with Gasteiger partial charge in [-0.1, -0.05) is 35.9 Å². The molecule has 24 heavy (non-hydrogen) atoms. The van der Waals surface area contributed by atoms with Crippen LogP contribution >= 0.6 is 22.9 Å². The van der Waals surface area contributed by atoms with Crippen LogP contribution in [0.5, 0.6) is 5.75 Å². The van der Waals surface area contributed by atoms with Gasteiger partial charge in [-0.25, -0.2) is 4.98 Å². The van der Waals surface area contributed by atoms with Crippen molar-refractivity contribution in [3.63, 3.8) is 0 Å². The van der Waals surface area contributed by atoms with Crippen LogP contribution < -0.4 is 9.64 Å². The molecule has 1 aromatic carbocycles. The fraction of sp³-hybridized carbons (Fsp3) is 0.111. The third kappa shape index (κ3) is 4.13. The Kier molecular flexibility index (Phi) is 5.46. The number of carbonyl (C=O) groups excluding carboxylic acids is 1. The van der Waals surface area contributed by atoms with Gasteiger partial charge in [-0.05, 0) is 35.7 Å². The van der Waals surface area contributed by atoms with Crippen LogP contribution in [0.25, 0.3) is 0 Å². The third-order valence-corrected chi connectivity index (χ3v) is 4.48. The average Bonchev–Trinajstić information content (AvgIpc) is 3.13. The Morgan fingerprint density at radius 3 is 2.67 bits per heavy atom. The summed E-state index contributed by atoms with van der Waals surface area (Å²) in [6.07, 6.45) is 1.67. The van der Waals surface area contributed by atoms with Gasteiger partial charge in [0.25, 0.3) is 5.91 Å². The number of hydrogen-bond donors (Lipinski definition) is 0. The van der Waals surface area contributed by atoms with Gasteiger partial charge in [-0.2, -0.15) is 0 Å². The molecule has 0 fully saturated rings. The van der Waals surface area contributed by atoms with Gasteiger partial charge in [-0.3, -0.25) is 9.69 Å². The predicted octanol–water partition coefficient (Wildman–Crippen LogP) is 4.41. The fourth-order valence-electron chi connectivity index (χ4n) is 2.15. The third-order valence-electron chi connectivity index (χ3n) is 3.31. The van der Waals surface area contributed by atoms with Crippen molar-refractivity contribution in [1.29, 1.82) is 0 Å². The number of anilines is 1. The second kappa shape index (κ2) is 7.95. The molecule has 0 radical (unpaired) electrons. The van der Waals surface area contributed by atoms with Crippen molar-refractivity contribution >= 4 is 34.7 Å². The number of benzene rings is 1. The standard InChI is InChI=1S/C18H15ClN2O2S/c19-15-7-1-2-8-16(15)23-13-18(22)21(12-14-6-5-11-24-14)17-9-3-4-10-20-17/h1-11H,12-13H2. The molecule has 0 saturated heterocycles. The summed E-state index contributed by atoms with van der Waals surface area (Å²) >= 11 is 7.66. The Bertz CT molecular complexity index is 794. The van der Waals surface area contributed by atoms with E-state index in [0.717, 1.165) is 4.88 Å². The molecule has 0 unspecified atom stereocenters. The lowest BCUT2D eigenvalue weighted by atomic mass is 10.3. The van der Waals surface area contributed by atoms with E-state index in [0.29, 0.717) is 23.1 Å². The molecule has 2 heterocycles. The molecule has 1 amide bonds. The first-order chi connectivity index (χ1) is 11.7. The Labute approximate surface area is 149 Å². The topological polar surface area (TPSA) is 42.4 Å². The molecule has 6 heteroatoms. The monoisotopic (exact) mass is 358 g/mol. The van der Waals surface area contributed by atoms with Crippen LogP contribution in [0, 0.1) is 0 Å².